The first-order chi connectivity index (χ1) is 11.4. The van der Waals surface area contributed by atoms with E-state index in [0.717, 1.165) is 25.0 Å². The molecule has 1 aromatic rings. The molecule has 4 nitrogen and oxygen atoms in total. The number of carbonyl (C=O) groups excluding carboxylic acids is 1. The quantitative estimate of drug-likeness (QED) is 0.829. The van der Waals surface area contributed by atoms with Gasteiger partial charge in [-0.2, -0.15) is 13.2 Å². The Morgan fingerprint density at radius 1 is 1.17 bits per heavy atom. The van der Waals surface area contributed by atoms with E-state index in [4.69, 9.17) is 9.47 Å². The van der Waals surface area contributed by atoms with Gasteiger partial charge in [0.05, 0.1) is 31.2 Å². The molecule has 2 aliphatic rings. The number of hydrogen-bond acceptors (Lipinski definition) is 3. The van der Waals surface area contributed by atoms with Gasteiger partial charge in [0.2, 0.25) is 5.91 Å². The molecule has 0 aromatic heterocycles. The van der Waals surface area contributed by atoms with Crippen molar-refractivity contribution in [2.75, 3.05) is 32.9 Å². The molecule has 0 aliphatic carbocycles. The summed E-state index contributed by atoms with van der Waals surface area (Å²) in [6, 6.07) is 4.94. The number of rotatable bonds is 2. The summed E-state index contributed by atoms with van der Waals surface area (Å²) in [4.78, 5) is 14.3. The minimum absolute atomic E-state index is 0.0508. The van der Waals surface area contributed by atoms with Gasteiger partial charge in [0.25, 0.3) is 0 Å². The third-order valence-electron chi connectivity index (χ3n) is 4.50. The molecule has 0 saturated carbocycles. The number of amides is 1. The van der Waals surface area contributed by atoms with Crippen molar-refractivity contribution < 1.29 is 27.4 Å². The summed E-state index contributed by atoms with van der Waals surface area (Å²) in [5.41, 5.74) is -0.0326. The molecule has 2 atom stereocenters. The van der Waals surface area contributed by atoms with E-state index in [1.54, 1.807) is 4.90 Å². The highest BCUT2D eigenvalue weighted by molar-refractivity contribution is 5.79. The predicted octanol–water partition coefficient (Wildman–Crippen LogP) is 3.03. The van der Waals surface area contributed by atoms with Crippen molar-refractivity contribution in [3.05, 3.63) is 35.4 Å². The number of alkyl halides is 3. The van der Waals surface area contributed by atoms with Gasteiger partial charge in [-0.05, 0) is 30.5 Å². The lowest BCUT2D eigenvalue weighted by Gasteiger charge is -2.36. The van der Waals surface area contributed by atoms with Crippen LogP contribution in [0.5, 0.6) is 0 Å². The van der Waals surface area contributed by atoms with Crippen LogP contribution in [0.3, 0.4) is 0 Å². The minimum Gasteiger partial charge on any atom is -0.381 e. The van der Waals surface area contributed by atoms with E-state index < -0.39 is 17.8 Å². The normalized spacial score (nSPS) is 25.5. The summed E-state index contributed by atoms with van der Waals surface area (Å²) in [5.74, 6) is -0.0694. The maximum atomic E-state index is 12.6. The molecule has 0 N–H and O–H groups in total. The van der Waals surface area contributed by atoms with Crippen molar-refractivity contribution in [2.24, 2.45) is 5.92 Å². The van der Waals surface area contributed by atoms with Gasteiger partial charge >= 0.3 is 6.18 Å². The van der Waals surface area contributed by atoms with Gasteiger partial charge in [-0.15, -0.1) is 0 Å². The molecule has 132 valence electrons. The largest absolute Gasteiger partial charge is 0.416 e. The highest BCUT2D eigenvalue weighted by Crippen LogP contribution is 2.31. The molecule has 2 heterocycles. The number of hydrogen-bond donors (Lipinski definition) is 0. The lowest BCUT2D eigenvalue weighted by Crippen LogP contribution is -2.46. The summed E-state index contributed by atoms with van der Waals surface area (Å²) in [7, 11) is 0. The molecule has 1 amide bonds. The van der Waals surface area contributed by atoms with E-state index in [1.165, 1.54) is 12.1 Å². The number of ether oxygens (including phenoxy) is 2. The smallest absolute Gasteiger partial charge is 0.381 e. The van der Waals surface area contributed by atoms with E-state index in [1.807, 2.05) is 0 Å². The monoisotopic (exact) mass is 343 g/mol. The van der Waals surface area contributed by atoms with Crippen LogP contribution in [0.15, 0.2) is 24.3 Å². The van der Waals surface area contributed by atoms with Crippen molar-refractivity contribution >= 4 is 5.91 Å². The van der Waals surface area contributed by atoms with Gasteiger partial charge in [0.15, 0.2) is 0 Å². The van der Waals surface area contributed by atoms with Crippen LogP contribution in [0.2, 0.25) is 0 Å². The number of carbonyl (C=O) groups is 1. The molecule has 0 unspecified atom stereocenters. The predicted molar refractivity (Wildman–Crippen MR) is 80.3 cm³/mol. The Hall–Kier alpha value is -1.60. The Kier molecular flexibility index (Phi) is 5.10. The van der Waals surface area contributed by atoms with Gasteiger partial charge in [-0.1, -0.05) is 12.1 Å². The summed E-state index contributed by atoms with van der Waals surface area (Å²) in [6.07, 6.45) is -3.05. The molecule has 1 aromatic carbocycles. The topological polar surface area (TPSA) is 38.8 Å². The zero-order valence-electron chi connectivity index (χ0n) is 13.2. The Bertz CT molecular complexity index is 567. The maximum absolute atomic E-state index is 12.6. The van der Waals surface area contributed by atoms with Crippen LogP contribution >= 0.6 is 0 Å². The Morgan fingerprint density at radius 2 is 1.92 bits per heavy atom. The molecule has 24 heavy (non-hydrogen) atoms. The molecule has 0 spiro atoms. The van der Waals surface area contributed by atoms with E-state index in [0.29, 0.717) is 38.5 Å². The van der Waals surface area contributed by atoms with Gasteiger partial charge in [0, 0.05) is 13.2 Å². The fraction of sp³-hybridized carbons (Fsp3) is 0.588. The van der Waals surface area contributed by atoms with E-state index >= 15 is 0 Å². The second-order valence-corrected chi connectivity index (χ2v) is 6.18. The first-order valence-electron chi connectivity index (χ1n) is 8.10. The van der Waals surface area contributed by atoms with Crippen molar-refractivity contribution in [3.63, 3.8) is 0 Å². The van der Waals surface area contributed by atoms with Gasteiger partial charge in [-0.3, -0.25) is 4.79 Å². The van der Waals surface area contributed by atoms with Crippen LogP contribution in [0.25, 0.3) is 0 Å². The molecular weight excluding hydrogens is 323 g/mol. The fourth-order valence-electron chi connectivity index (χ4n) is 3.13. The molecule has 2 aliphatic heterocycles. The number of nitrogens with zero attached hydrogens (tertiary/aromatic N) is 1. The lowest BCUT2D eigenvalue weighted by molar-refractivity contribution is -0.147. The van der Waals surface area contributed by atoms with Gasteiger partial charge < -0.3 is 14.4 Å². The zero-order valence-corrected chi connectivity index (χ0v) is 13.2. The first kappa shape index (κ1) is 17.2. The molecule has 2 saturated heterocycles. The van der Waals surface area contributed by atoms with Crippen molar-refractivity contribution in [3.8, 4) is 0 Å². The highest BCUT2D eigenvalue weighted by Gasteiger charge is 2.33. The van der Waals surface area contributed by atoms with Gasteiger partial charge in [-0.25, -0.2) is 0 Å². The lowest BCUT2D eigenvalue weighted by atomic mass is 9.99. The second-order valence-electron chi connectivity index (χ2n) is 6.18. The molecule has 2 fully saturated rings. The number of benzene rings is 1. The standard InChI is InChI=1S/C17H20F3NO3/c18-17(19,20)14-5-3-12(4-6-14)15-10-21(7-9-24-15)16(22)13-2-1-8-23-11-13/h3-6,13,15H,1-2,7-11H2/t13-,15+/m1/s1. The average Bonchev–Trinajstić information content (AvgIpc) is 2.61. The fourth-order valence-corrected chi connectivity index (χ4v) is 3.13. The van der Waals surface area contributed by atoms with E-state index in [-0.39, 0.29) is 11.8 Å². The van der Waals surface area contributed by atoms with E-state index in [2.05, 4.69) is 0 Å². The first-order valence-corrected chi connectivity index (χ1v) is 8.10. The maximum Gasteiger partial charge on any atom is 0.416 e. The minimum atomic E-state index is -4.35. The number of halogens is 3. The average molecular weight is 343 g/mol. The van der Waals surface area contributed by atoms with Crippen molar-refractivity contribution in [1.29, 1.82) is 0 Å². The summed E-state index contributed by atoms with van der Waals surface area (Å²) < 4.78 is 48.9. The number of morpholine rings is 1. The van der Waals surface area contributed by atoms with Gasteiger partial charge in [0.1, 0.15) is 6.10 Å². The molecule has 3 rings (SSSR count). The Balaban J connectivity index is 1.65. The van der Waals surface area contributed by atoms with Crippen LogP contribution in [0, 0.1) is 5.92 Å². The third-order valence-corrected chi connectivity index (χ3v) is 4.50. The highest BCUT2D eigenvalue weighted by atomic mass is 19.4. The molecule has 7 heteroatoms. The summed E-state index contributed by atoms with van der Waals surface area (Å²) in [5, 5.41) is 0. The summed E-state index contributed by atoms with van der Waals surface area (Å²) >= 11 is 0. The van der Waals surface area contributed by atoms with Crippen LogP contribution < -0.4 is 0 Å². The van der Waals surface area contributed by atoms with Crippen LogP contribution in [-0.2, 0) is 20.4 Å². The second kappa shape index (κ2) is 7.11. The Labute approximate surface area is 138 Å². The van der Waals surface area contributed by atoms with Crippen molar-refractivity contribution in [1.82, 2.24) is 4.90 Å². The molecular formula is C17H20F3NO3. The molecule has 0 bridgehead atoms. The Morgan fingerprint density at radius 3 is 2.54 bits per heavy atom. The SMILES string of the molecule is O=C([C@@H]1CCCOC1)N1CCO[C@H](c2ccc(C(F)(F)F)cc2)C1. The zero-order chi connectivity index (χ0) is 17.2. The van der Waals surface area contributed by atoms with E-state index in [9.17, 15) is 18.0 Å². The van der Waals surface area contributed by atoms with Crippen molar-refractivity contribution in [2.45, 2.75) is 25.1 Å². The summed E-state index contributed by atoms with van der Waals surface area (Å²) in [6.45, 7) is 2.39. The third kappa shape index (κ3) is 3.89. The van der Waals surface area contributed by atoms with Crippen LogP contribution in [0.1, 0.15) is 30.1 Å². The molecule has 0 radical (unpaired) electrons. The van der Waals surface area contributed by atoms with Crippen LogP contribution in [-0.4, -0.2) is 43.7 Å². The van der Waals surface area contributed by atoms with Crippen LogP contribution in [0.4, 0.5) is 13.2 Å².